The van der Waals surface area contributed by atoms with Crippen LogP contribution in [0.3, 0.4) is 0 Å². The fourth-order valence-electron chi connectivity index (χ4n) is 2.88. The van der Waals surface area contributed by atoms with Crippen LogP contribution in [-0.2, 0) is 18.1 Å². The van der Waals surface area contributed by atoms with Gasteiger partial charge in [0.05, 0.1) is 17.7 Å². The van der Waals surface area contributed by atoms with E-state index >= 15 is 0 Å². The van der Waals surface area contributed by atoms with Crippen molar-refractivity contribution in [2.75, 3.05) is 6.61 Å². The number of carbonyl (C=O) groups excluding carboxylic acids is 1. The quantitative estimate of drug-likeness (QED) is 0.548. The SMILES string of the molecule is Cn1c(CO[Si](C)(C)C(C)(C)C)cc2cc3c(cc21)OC/C=C\CC3=O. The minimum atomic E-state index is -1.81. The van der Waals surface area contributed by atoms with E-state index in [-0.39, 0.29) is 10.8 Å². The number of aromatic nitrogens is 1. The van der Waals surface area contributed by atoms with Crippen LogP contribution in [0.5, 0.6) is 5.75 Å². The normalized spacial score (nSPS) is 16.8. The summed E-state index contributed by atoms with van der Waals surface area (Å²) in [4.78, 5) is 12.4. The minimum absolute atomic E-state index is 0.0979. The number of carbonyl (C=O) groups is 1. The Hall–Kier alpha value is -1.85. The lowest BCUT2D eigenvalue weighted by Gasteiger charge is -2.36. The smallest absolute Gasteiger partial charge is 0.192 e. The van der Waals surface area contributed by atoms with E-state index in [0.29, 0.717) is 30.9 Å². The molecule has 3 rings (SSSR count). The Bertz CT molecular complexity index is 871. The van der Waals surface area contributed by atoms with Crippen LogP contribution in [0.4, 0.5) is 0 Å². The first kappa shape index (κ1) is 18.9. The molecule has 0 aliphatic carbocycles. The number of aryl methyl sites for hydroxylation is 1. The van der Waals surface area contributed by atoms with Crippen molar-refractivity contribution >= 4 is 25.0 Å². The van der Waals surface area contributed by atoms with Crippen LogP contribution in [-0.4, -0.2) is 25.3 Å². The van der Waals surface area contributed by atoms with E-state index in [2.05, 4.69) is 44.5 Å². The van der Waals surface area contributed by atoms with Crippen LogP contribution in [0.2, 0.25) is 18.1 Å². The molecular formula is C21H29NO3Si. The molecule has 0 radical (unpaired) electrons. The van der Waals surface area contributed by atoms with Gasteiger partial charge in [-0.05, 0) is 30.3 Å². The number of fused-ring (bicyclic) bond motifs is 2. The zero-order valence-electron chi connectivity index (χ0n) is 16.7. The first-order chi connectivity index (χ1) is 12.1. The van der Waals surface area contributed by atoms with Crippen molar-refractivity contribution in [3.63, 3.8) is 0 Å². The second-order valence-electron chi connectivity index (χ2n) is 8.56. The molecule has 26 heavy (non-hydrogen) atoms. The molecule has 0 spiro atoms. The van der Waals surface area contributed by atoms with Crippen molar-refractivity contribution in [2.45, 2.75) is 51.9 Å². The van der Waals surface area contributed by atoms with Gasteiger partial charge in [0.1, 0.15) is 12.4 Å². The van der Waals surface area contributed by atoms with Crippen LogP contribution < -0.4 is 4.74 Å². The Balaban J connectivity index is 1.95. The number of ether oxygens (including phenoxy) is 1. The number of hydrogen-bond donors (Lipinski definition) is 0. The zero-order chi connectivity index (χ0) is 19.1. The molecule has 4 nitrogen and oxygen atoms in total. The molecule has 140 valence electrons. The van der Waals surface area contributed by atoms with Gasteiger partial charge in [0, 0.05) is 30.6 Å². The summed E-state index contributed by atoms with van der Waals surface area (Å²) in [6, 6.07) is 6.07. The van der Waals surface area contributed by atoms with Crippen molar-refractivity contribution in [3.8, 4) is 5.75 Å². The summed E-state index contributed by atoms with van der Waals surface area (Å²) >= 11 is 0. The van der Waals surface area contributed by atoms with Crippen LogP contribution in [0.1, 0.15) is 43.2 Å². The monoisotopic (exact) mass is 371 g/mol. The molecule has 1 aromatic carbocycles. The van der Waals surface area contributed by atoms with Crippen molar-refractivity contribution in [1.82, 2.24) is 4.57 Å². The molecule has 0 N–H and O–H groups in total. The third-order valence-electron chi connectivity index (χ3n) is 5.74. The van der Waals surface area contributed by atoms with Crippen molar-refractivity contribution in [1.29, 1.82) is 0 Å². The lowest BCUT2D eigenvalue weighted by Crippen LogP contribution is -2.40. The first-order valence-corrected chi connectivity index (χ1v) is 12.1. The lowest BCUT2D eigenvalue weighted by molar-refractivity contribution is 0.0991. The predicted molar refractivity (Wildman–Crippen MR) is 108 cm³/mol. The molecule has 2 aromatic rings. The Morgan fingerprint density at radius 2 is 1.92 bits per heavy atom. The third-order valence-corrected chi connectivity index (χ3v) is 10.2. The summed E-state index contributed by atoms with van der Waals surface area (Å²) in [6.45, 7) is 12.4. The minimum Gasteiger partial charge on any atom is -0.489 e. The average Bonchev–Trinajstić information content (AvgIpc) is 2.85. The summed E-state index contributed by atoms with van der Waals surface area (Å²) in [7, 11) is 0.236. The van der Waals surface area contributed by atoms with Gasteiger partial charge >= 0.3 is 0 Å². The average molecular weight is 372 g/mol. The van der Waals surface area contributed by atoms with E-state index < -0.39 is 8.32 Å². The van der Waals surface area contributed by atoms with E-state index in [9.17, 15) is 4.79 Å². The van der Waals surface area contributed by atoms with Gasteiger partial charge in [0.25, 0.3) is 0 Å². The summed E-state index contributed by atoms with van der Waals surface area (Å²) in [5, 5.41) is 1.24. The Labute approximate surface area is 156 Å². The number of nitrogens with zero attached hydrogens (tertiary/aromatic N) is 1. The number of benzene rings is 1. The van der Waals surface area contributed by atoms with Crippen LogP contribution in [0.25, 0.3) is 10.9 Å². The Kier molecular flexibility index (Phi) is 4.88. The summed E-state index contributed by atoms with van der Waals surface area (Å²) in [5.41, 5.74) is 2.85. The highest BCUT2D eigenvalue weighted by Gasteiger charge is 2.37. The highest BCUT2D eigenvalue weighted by Crippen LogP contribution is 2.37. The fraction of sp³-hybridized carbons (Fsp3) is 0.476. The van der Waals surface area contributed by atoms with E-state index in [4.69, 9.17) is 9.16 Å². The van der Waals surface area contributed by atoms with Gasteiger partial charge in [-0.15, -0.1) is 0 Å². The van der Waals surface area contributed by atoms with Gasteiger partial charge in [0.15, 0.2) is 14.1 Å². The maximum Gasteiger partial charge on any atom is 0.192 e. The fourth-order valence-corrected chi connectivity index (χ4v) is 3.82. The van der Waals surface area contributed by atoms with E-state index in [0.717, 1.165) is 16.6 Å². The van der Waals surface area contributed by atoms with Gasteiger partial charge in [0.2, 0.25) is 0 Å². The molecular weight excluding hydrogens is 342 g/mol. The highest BCUT2D eigenvalue weighted by molar-refractivity contribution is 6.74. The second-order valence-corrected chi connectivity index (χ2v) is 13.4. The Morgan fingerprint density at radius 3 is 2.62 bits per heavy atom. The number of ketones is 1. The zero-order valence-corrected chi connectivity index (χ0v) is 17.7. The topological polar surface area (TPSA) is 40.5 Å². The van der Waals surface area contributed by atoms with Crippen molar-refractivity contribution in [2.24, 2.45) is 7.05 Å². The summed E-state index contributed by atoms with van der Waals surface area (Å²) in [5.74, 6) is 0.769. The molecule has 0 atom stereocenters. The van der Waals surface area contributed by atoms with Crippen molar-refractivity contribution < 1.29 is 14.0 Å². The number of rotatable bonds is 3. The molecule has 2 heterocycles. The van der Waals surface area contributed by atoms with Gasteiger partial charge in [-0.25, -0.2) is 0 Å². The molecule has 0 amide bonds. The Morgan fingerprint density at radius 1 is 1.19 bits per heavy atom. The molecule has 0 saturated carbocycles. The first-order valence-electron chi connectivity index (χ1n) is 9.17. The molecule has 0 fully saturated rings. The maximum atomic E-state index is 12.4. The highest BCUT2D eigenvalue weighted by atomic mass is 28.4. The largest absolute Gasteiger partial charge is 0.489 e. The van der Waals surface area contributed by atoms with Crippen LogP contribution in [0, 0.1) is 0 Å². The van der Waals surface area contributed by atoms with E-state index in [1.54, 1.807) is 0 Å². The molecule has 1 aliphatic rings. The molecule has 1 aromatic heterocycles. The van der Waals surface area contributed by atoms with Gasteiger partial charge in [-0.3, -0.25) is 4.79 Å². The standard InChI is InChI=1S/C21H29NO3Si/c1-21(2,3)26(5,6)25-14-16-11-15-12-17-19(23)9-7-8-10-24-20(17)13-18(15)22(16)4/h7-8,11-13H,9-10,14H2,1-6H3/b8-7-. The number of allylic oxidation sites excluding steroid dienone is 1. The van der Waals surface area contributed by atoms with Crippen LogP contribution >= 0.6 is 0 Å². The molecule has 0 bridgehead atoms. The molecule has 0 unspecified atom stereocenters. The maximum absolute atomic E-state index is 12.4. The summed E-state index contributed by atoms with van der Waals surface area (Å²) in [6.07, 6.45) is 4.20. The van der Waals surface area contributed by atoms with Gasteiger partial charge in [-0.1, -0.05) is 32.9 Å². The van der Waals surface area contributed by atoms with E-state index in [1.807, 2.05) is 31.3 Å². The van der Waals surface area contributed by atoms with Crippen molar-refractivity contribution in [3.05, 3.63) is 41.6 Å². The predicted octanol–water partition coefficient (Wildman–Crippen LogP) is 5.22. The van der Waals surface area contributed by atoms with Crippen LogP contribution in [0.15, 0.2) is 30.4 Å². The van der Waals surface area contributed by atoms with Gasteiger partial charge < -0.3 is 13.7 Å². The third kappa shape index (κ3) is 3.51. The second kappa shape index (κ2) is 6.71. The molecule has 0 saturated heterocycles. The van der Waals surface area contributed by atoms with Gasteiger partial charge in [-0.2, -0.15) is 0 Å². The van der Waals surface area contributed by atoms with E-state index in [1.165, 1.54) is 0 Å². The summed E-state index contributed by atoms with van der Waals surface area (Å²) < 4.78 is 14.3. The molecule has 5 heteroatoms. The lowest BCUT2D eigenvalue weighted by atomic mass is 10.0. The number of Topliss-reactive ketones (excluding diaryl/α,β-unsaturated/α-hetero) is 1. The molecule has 1 aliphatic heterocycles. The number of hydrogen-bond acceptors (Lipinski definition) is 3.